The fourth-order valence-electron chi connectivity index (χ4n) is 2.91. The Balaban J connectivity index is 2.24. The second-order valence-electron chi connectivity index (χ2n) is 5.92. The van der Waals surface area contributed by atoms with Crippen molar-refractivity contribution in [1.29, 1.82) is 0 Å². The number of aliphatic hydroxyl groups excluding tert-OH is 1. The highest BCUT2D eigenvalue weighted by Gasteiger charge is 2.60. The van der Waals surface area contributed by atoms with Crippen LogP contribution >= 0.6 is 7.60 Å². The third kappa shape index (κ3) is 3.78. The first kappa shape index (κ1) is 19.2. The van der Waals surface area contributed by atoms with E-state index in [1.54, 1.807) is 27.7 Å². The quantitative estimate of drug-likeness (QED) is 0.513. The number of aliphatic hydroxyl groups is 1. The molecule has 5 atom stereocenters. The third-order valence-electron chi connectivity index (χ3n) is 3.67. The van der Waals surface area contributed by atoms with Crippen LogP contribution in [0.15, 0.2) is 0 Å². The topological polar surface area (TPSA) is 107 Å². The van der Waals surface area contributed by atoms with E-state index in [0.717, 1.165) is 0 Å². The van der Waals surface area contributed by atoms with E-state index in [-0.39, 0.29) is 13.2 Å². The van der Waals surface area contributed by atoms with E-state index >= 15 is 0 Å². The minimum absolute atomic E-state index is 0.122. The number of hydrogen-bond acceptors (Lipinski definition) is 9. The van der Waals surface area contributed by atoms with Gasteiger partial charge in [-0.15, -0.1) is 0 Å². The number of rotatable bonds is 7. The molecule has 0 unspecified atom stereocenters. The van der Waals surface area contributed by atoms with Crippen molar-refractivity contribution in [1.82, 2.24) is 5.06 Å². The van der Waals surface area contributed by atoms with Gasteiger partial charge in [0, 0.05) is 7.05 Å². The van der Waals surface area contributed by atoms with Gasteiger partial charge in [-0.2, -0.15) is 5.06 Å². The van der Waals surface area contributed by atoms with Crippen LogP contribution in [0.1, 0.15) is 27.7 Å². The SMILES string of the molecule is CCOP(=O)(OCC)[C@H]([C@H]1O[C@@H]2OC(C)(C)O[C@@H]2[C@H]1O)N(C)O. The lowest BCUT2D eigenvalue weighted by Crippen LogP contribution is -2.47. The Bertz CT molecular complexity index is 449. The Morgan fingerprint density at radius 2 is 1.83 bits per heavy atom. The normalized spacial score (nSPS) is 34.8. The molecule has 0 amide bonds. The zero-order valence-corrected chi connectivity index (χ0v) is 14.9. The van der Waals surface area contributed by atoms with Crippen LogP contribution in [-0.2, 0) is 27.8 Å². The Hall–Kier alpha value is -0.0900. The lowest BCUT2D eigenvalue weighted by atomic mass is 10.1. The molecule has 2 saturated heterocycles. The van der Waals surface area contributed by atoms with Crippen LogP contribution in [-0.4, -0.2) is 71.8 Å². The van der Waals surface area contributed by atoms with Gasteiger partial charge in [-0.05, 0) is 27.7 Å². The molecule has 2 fully saturated rings. The Morgan fingerprint density at radius 3 is 2.26 bits per heavy atom. The van der Waals surface area contributed by atoms with Gasteiger partial charge in [0.2, 0.25) is 0 Å². The van der Waals surface area contributed by atoms with Crippen LogP contribution in [0.4, 0.5) is 0 Å². The molecule has 0 aromatic rings. The molecule has 0 radical (unpaired) electrons. The highest BCUT2D eigenvalue weighted by atomic mass is 31.2. The molecule has 0 saturated carbocycles. The number of fused-ring (bicyclic) bond motifs is 1. The van der Waals surface area contributed by atoms with Gasteiger partial charge in [0.15, 0.2) is 17.9 Å². The maximum Gasteiger partial charge on any atom is 0.352 e. The standard InChI is InChI=1S/C13H26NO8P/c1-6-18-23(17,19-7-2)11(14(5)16)9-8(15)10-12(20-9)22-13(3,4)21-10/h8-12,15-16H,6-7H2,1-5H3/t8-,9-,10+,11+,12+/m0/s1. The molecule has 9 nitrogen and oxygen atoms in total. The zero-order chi connectivity index (χ0) is 17.4. The molecule has 2 N–H and O–H groups in total. The molecule has 0 bridgehead atoms. The lowest BCUT2D eigenvalue weighted by Gasteiger charge is -2.35. The van der Waals surface area contributed by atoms with Crippen molar-refractivity contribution < 1.29 is 38.1 Å². The fourth-order valence-corrected chi connectivity index (χ4v) is 5.03. The number of hydrogen-bond donors (Lipinski definition) is 2. The Kier molecular flexibility index (Phi) is 5.88. The summed E-state index contributed by atoms with van der Waals surface area (Å²) in [5.74, 6) is -2.09. The average Bonchev–Trinajstić information content (AvgIpc) is 2.85. The number of nitrogens with zero attached hydrogens (tertiary/aromatic N) is 1. The van der Waals surface area contributed by atoms with Gasteiger partial charge >= 0.3 is 7.60 Å². The van der Waals surface area contributed by atoms with Crippen molar-refractivity contribution in [2.24, 2.45) is 0 Å². The summed E-state index contributed by atoms with van der Waals surface area (Å²) >= 11 is 0. The molecule has 2 heterocycles. The first-order chi connectivity index (χ1) is 10.6. The van der Waals surface area contributed by atoms with E-state index < -0.39 is 43.8 Å². The van der Waals surface area contributed by atoms with Crippen molar-refractivity contribution in [2.75, 3.05) is 20.3 Å². The fraction of sp³-hybridized carbons (Fsp3) is 1.00. The summed E-state index contributed by atoms with van der Waals surface area (Å²) in [4.78, 5) is 0. The van der Waals surface area contributed by atoms with Crippen molar-refractivity contribution in [3.63, 3.8) is 0 Å². The summed E-state index contributed by atoms with van der Waals surface area (Å²) in [7, 11) is -2.47. The van der Waals surface area contributed by atoms with E-state index in [1.807, 2.05) is 0 Å². The molecular weight excluding hydrogens is 329 g/mol. The average molecular weight is 355 g/mol. The maximum atomic E-state index is 13.0. The monoisotopic (exact) mass is 355 g/mol. The van der Waals surface area contributed by atoms with E-state index in [9.17, 15) is 14.9 Å². The van der Waals surface area contributed by atoms with Crippen LogP contribution < -0.4 is 0 Å². The summed E-state index contributed by atoms with van der Waals surface area (Å²) in [6.45, 7) is 6.98. The van der Waals surface area contributed by atoms with Crippen molar-refractivity contribution >= 4 is 7.60 Å². The molecule has 2 rings (SSSR count). The molecule has 136 valence electrons. The molecule has 2 aliphatic heterocycles. The molecule has 0 aromatic carbocycles. The third-order valence-corrected chi connectivity index (χ3v) is 6.18. The van der Waals surface area contributed by atoms with Crippen molar-refractivity contribution in [2.45, 2.75) is 63.9 Å². The van der Waals surface area contributed by atoms with Crippen LogP contribution in [0.25, 0.3) is 0 Å². The zero-order valence-electron chi connectivity index (χ0n) is 14.0. The maximum absolute atomic E-state index is 13.0. The van der Waals surface area contributed by atoms with Crippen LogP contribution in [0, 0.1) is 0 Å². The summed E-state index contributed by atoms with van der Waals surface area (Å²) in [5, 5.41) is 21.2. The van der Waals surface area contributed by atoms with Crippen LogP contribution in [0.2, 0.25) is 0 Å². The molecule has 10 heteroatoms. The smallest absolute Gasteiger partial charge is 0.352 e. The largest absolute Gasteiger partial charge is 0.387 e. The first-order valence-corrected chi connectivity index (χ1v) is 9.26. The van der Waals surface area contributed by atoms with Crippen molar-refractivity contribution in [3.8, 4) is 0 Å². The van der Waals surface area contributed by atoms with Gasteiger partial charge in [0.05, 0.1) is 13.2 Å². The Labute approximate surface area is 135 Å². The lowest BCUT2D eigenvalue weighted by molar-refractivity contribution is -0.228. The summed E-state index contributed by atoms with van der Waals surface area (Å²) < 4.78 is 40.4. The summed E-state index contributed by atoms with van der Waals surface area (Å²) in [6.07, 6.45) is -3.77. The highest BCUT2D eigenvalue weighted by Crippen LogP contribution is 2.57. The minimum atomic E-state index is -3.76. The number of ether oxygens (including phenoxy) is 3. The Morgan fingerprint density at radius 1 is 1.26 bits per heavy atom. The molecule has 0 aromatic heterocycles. The molecule has 0 aliphatic carbocycles. The van der Waals surface area contributed by atoms with Gasteiger partial charge in [-0.1, -0.05) is 0 Å². The van der Waals surface area contributed by atoms with Crippen LogP contribution in [0.3, 0.4) is 0 Å². The predicted octanol–water partition coefficient (Wildman–Crippen LogP) is 1.14. The molecule has 23 heavy (non-hydrogen) atoms. The first-order valence-electron chi connectivity index (χ1n) is 7.65. The van der Waals surface area contributed by atoms with E-state index in [2.05, 4.69) is 0 Å². The van der Waals surface area contributed by atoms with Gasteiger partial charge in [0.1, 0.15) is 18.3 Å². The van der Waals surface area contributed by atoms with Gasteiger partial charge < -0.3 is 33.6 Å². The molecule has 0 spiro atoms. The van der Waals surface area contributed by atoms with Crippen LogP contribution in [0.5, 0.6) is 0 Å². The van der Waals surface area contributed by atoms with Crippen molar-refractivity contribution in [3.05, 3.63) is 0 Å². The summed E-state index contributed by atoms with van der Waals surface area (Å²) in [6, 6.07) is 0. The van der Waals surface area contributed by atoms with Gasteiger partial charge in [0.25, 0.3) is 0 Å². The number of likely N-dealkylation sites (N-methyl/N-ethyl adjacent to an activating group) is 1. The van der Waals surface area contributed by atoms with Gasteiger partial charge in [-0.3, -0.25) is 4.57 Å². The van der Waals surface area contributed by atoms with E-state index in [4.69, 9.17) is 23.3 Å². The van der Waals surface area contributed by atoms with Gasteiger partial charge in [-0.25, -0.2) is 0 Å². The second kappa shape index (κ2) is 7.03. The molecule has 2 aliphatic rings. The number of hydroxylamine groups is 2. The minimum Gasteiger partial charge on any atom is -0.387 e. The van der Waals surface area contributed by atoms with E-state index in [1.165, 1.54) is 7.05 Å². The van der Waals surface area contributed by atoms with E-state index in [0.29, 0.717) is 5.06 Å². The second-order valence-corrected chi connectivity index (χ2v) is 8.05. The molecular formula is C13H26NO8P. The predicted molar refractivity (Wildman–Crippen MR) is 78.9 cm³/mol. The highest BCUT2D eigenvalue weighted by molar-refractivity contribution is 7.54. The summed E-state index contributed by atoms with van der Waals surface area (Å²) in [5.41, 5.74) is 0.